The van der Waals surface area contributed by atoms with Crippen LogP contribution < -0.4 is 4.90 Å². The first-order chi connectivity index (χ1) is 8.13. The first kappa shape index (κ1) is 12.2. The van der Waals surface area contributed by atoms with Crippen LogP contribution in [-0.4, -0.2) is 29.3 Å². The van der Waals surface area contributed by atoms with E-state index in [4.69, 9.17) is 16.9 Å². The summed E-state index contributed by atoms with van der Waals surface area (Å²) in [5.41, 5.74) is 0.421. The predicted molar refractivity (Wildman–Crippen MR) is 66.0 cm³/mol. The van der Waals surface area contributed by atoms with Gasteiger partial charge in [0.2, 0.25) is 0 Å². The average Bonchev–Trinajstić information content (AvgIpc) is 2.33. The molecule has 0 aliphatic carbocycles. The van der Waals surface area contributed by atoms with Gasteiger partial charge in [-0.1, -0.05) is 18.5 Å². The smallest absolute Gasteiger partial charge is 0.148 e. The van der Waals surface area contributed by atoms with Gasteiger partial charge >= 0.3 is 0 Å². The molecule has 1 saturated heterocycles. The Morgan fingerprint density at radius 3 is 3.06 bits per heavy atom. The van der Waals surface area contributed by atoms with E-state index in [-0.39, 0.29) is 6.10 Å². The Morgan fingerprint density at radius 2 is 2.41 bits per heavy atom. The lowest BCUT2D eigenvalue weighted by Gasteiger charge is -2.35. The van der Waals surface area contributed by atoms with E-state index in [0.29, 0.717) is 28.9 Å². The molecule has 2 rings (SSSR count). The maximum atomic E-state index is 9.85. The number of anilines is 1. The molecule has 0 spiro atoms. The second kappa shape index (κ2) is 4.91. The molecule has 1 aromatic heterocycles. The minimum Gasteiger partial charge on any atom is -0.391 e. The van der Waals surface area contributed by atoms with Crippen LogP contribution in [0, 0.1) is 17.2 Å². The van der Waals surface area contributed by atoms with Crippen LogP contribution in [0.25, 0.3) is 0 Å². The standard InChI is InChI=1S/C12H14ClN3O/c1-8-3-5-16(7-10(8)17)12-11(13)9(6-14)2-4-15-12/h2,4,8,10,17H,3,5,7H2,1H3. The number of pyridine rings is 1. The molecule has 1 fully saturated rings. The molecule has 0 amide bonds. The van der Waals surface area contributed by atoms with Crippen molar-refractivity contribution in [1.82, 2.24) is 4.98 Å². The van der Waals surface area contributed by atoms with Gasteiger partial charge in [-0.15, -0.1) is 0 Å². The Kier molecular flexibility index (Phi) is 3.51. The van der Waals surface area contributed by atoms with Crippen LogP contribution in [0.2, 0.25) is 5.02 Å². The molecule has 1 aromatic rings. The summed E-state index contributed by atoms with van der Waals surface area (Å²) in [5.74, 6) is 0.890. The number of aliphatic hydroxyl groups is 1. The molecule has 1 N–H and O–H groups in total. The highest BCUT2D eigenvalue weighted by Gasteiger charge is 2.26. The third kappa shape index (κ3) is 2.36. The van der Waals surface area contributed by atoms with Crippen LogP contribution >= 0.6 is 11.6 Å². The van der Waals surface area contributed by atoms with Crippen molar-refractivity contribution in [2.24, 2.45) is 5.92 Å². The lowest BCUT2D eigenvalue weighted by Crippen LogP contribution is -2.43. The van der Waals surface area contributed by atoms with E-state index in [1.807, 2.05) is 17.9 Å². The van der Waals surface area contributed by atoms with Crippen molar-refractivity contribution in [3.63, 3.8) is 0 Å². The Hall–Kier alpha value is -1.31. The van der Waals surface area contributed by atoms with Gasteiger partial charge in [-0.2, -0.15) is 5.26 Å². The van der Waals surface area contributed by atoms with Crippen molar-refractivity contribution in [1.29, 1.82) is 5.26 Å². The van der Waals surface area contributed by atoms with Gasteiger partial charge in [-0.3, -0.25) is 0 Å². The number of rotatable bonds is 1. The van der Waals surface area contributed by atoms with E-state index in [0.717, 1.165) is 13.0 Å². The molecule has 4 nitrogen and oxygen atoms in total. The molecule has 0 aromatic carbocycles. The molecule has 2 unspecified atom stereocenters. The quantitative estimate of drug-likeness (QED) is 0.827. The first-order valence-corrected chi connectivity index (χ1v) is 5.99. The lowest BCUT2D eigenvalue weighted by atomic mass is 9.96. The molecule has 2 heterocycles. The first-order valence-electron chi connectivity index (χ1n) is 5.61. The monoisotopic (exact) mass is 251 g/mol. The number of hydrogen-bond donors (Lipinski definition) is 1. The van der Waals surface area contributed by atoms with Gasteiger partial charge in [-0.25, -0.2) is 4.98 Å². The summed E-state index contributed by atoms with van der Waals surface area (Å²) in [5, 5.41) is 19.1. The Morgan fingerprint density at radius 1 is 1.65 bits per heavy atom. The molecule has 0 saturated carbocycles. The second-order valence-corrected chi connectivity index (χ2v) is 4.77. The zero-order valence-corrected chi connectivity index (χ0v) is 10.4. The molecule has 5 heteroatoms. The van der Waals surface area contributed by atoms with Gasteiger partial charge in [0.1, 0.15) is 16.9 Å². The summed E-state index contributed by atoms with van der Waals surface area (Å²) in [6.07, 6.45) is 2.10. The molecule has 2 atom stereocenters. The van der Waals surface area contributed by atoms with E-state index >= 15 is 0 Å². The van der Waals surface area contributed by atoms with E-state index in [1.165, 1.54) is 0 Å². The Bertz CT molecular complexity index is 458. The van der Waals surface area contributed by atoms with Crippen molar-refractivity contribution >= 4 is 17.4 Å². The number of aliphatic hydroxyl groups excluding tert-OH is 1. The van der Waals surface area contributed by atoms with Crippen molar-refractivity contribution in [3.8, 4) is 6.07 Å². The average molecular weight is 252 g/mol. The molecule has 90 valence electrons. The van der Waals surface area contributed by atoms with Gasteiger partial charge in [0, 0.05) is 19.3 Å². The summed E-state index contributed by atoms with van der Waals surface area (Å²) in [4.78, 5) is 6.14. The summed E-state index contributed by atoms with van der Waals surface area (Å²) in [7, 11) is 0. The summed E-state index contributed by atoms with van der Waals surface area (Å²) >= 11 is 6.12. The molecule has 0 bridgehead atoms. The van der Waals surface area contributed by atoms with Crippen LogP contribution in [0.1, 0.15) is 18.9 Å². The van der Waals surface area contributed by atoms with E-state index in [2.05, 4.69) is 4.98 Å². The van der Waals surface area contributed by atoms with Gasteiger partial charge in [0.25, 0.3) is 0 Å². The SMILES string of the molecule is CC1CCN(c2nccc(C#N)c2Cl)CC1O. The van der Waals surface area contributed by atoms with E-state index in [9.17, 15) is 5.11 Å². The largest absolute Gasteiger partial charge is 0.391 e. The highest BCUT2D eigenvalue weighted by molar-refractivity contribution is 6.34. The fourth-order valence-electron chi connectivity index (χ4n) is 1.98. The highest BCUT2D eigenvalue weighted by atomic mass is 35.5. The normalized spacial score (nSPS) is 24.5. The minimum atomic E-state index is -0.368. The fourth-order valence-corrected chi connectivity index (χ4v) is 2.25. The number of β-amino-alcohol motifs (C(OH)–C–C–N with tert-alkyl or cyclic N) is 1. The minimum absolute atomic E-state index is 0.296. The van der Waals surface area contributed by atoms with Crippen molar-refractivity contribution < 1.29 is 5.11 Å². The summed E-state index contributed by atoms with van der Waals surface area (Å²) < 4.78 is 0. The van der Waals surface area contributed by atoms with Crippen LogP contribution in [0.4, 0.5) is 5.82 Å². The molecule has 17 heavy (non-hydrogen) atoms. The van der Waals surface area contributed by atoms with Gasteiger partial charge < -0.3 is 10.0 Å². The molecular formula is C12H14ClN3O. The second-order valence-electron chi connectivity index (χ2n) is 4.39. The van der Waals surface area contributed by atoms with Crippen LogP contribution in [0.15, 0.2) is 12.3 Å². The number of aromatic nitrogens is 1. The number of halogens is 1. The Labute approximate surface area is 105 Å². The maximum Gasteiger partial charge on any atom is 0.148 e. The van der Waals surface area contributed by atoms with E-state index in [1.54, 1.807) is 12.3 Å². The number of hydrogen-bond acceptors (Lipinski definition) is 4. The third-order valence-electron chi connectivity index (χ3n) is 3.21. The predicted octanol–water partition coefficient (Wildman–Crippen LogP) is 1.81. The van der Waals surface area contributed by atoms with Crippen LogP contribution in [-0.2, 0) is 0 Å². The maximum absolute atomic E-state index is 9.85. The third-order valence-corrected chi connectivity index (χ3v) is 3.58. The van der Waals surface area contributed by atoms with Crippen molar-refractivity contribution in [2.75, 3.05) is 18.0 Å². The topological polar surface area (TPSA) is 60.2 Å². The van der Waals surface area contributed by atoms with Gasteiger partial charge in [-0.05, 0) is 18.4 Å². The molecule has 1 aliphatic heterocycles. The highest BCUT2D eigenvalue weighted by Crippen LogP contribution is 2.29. The van der Waals surface area contributed by atoms with E-state index < -0.39 is 0 Å². The number of nitrogens with zero attached hydrogens (tertiary/aromatic N) is 3. The van der Waals surface area contributed by atoms with Crippen molar-refractivity contribution in [3.05, 3.63) is 22.8 Å². The van der Waals surface area contributed by atoms with Gasteiger partial charge in [0.05, 0.1) is 11.7 Å². The molecule has 0 radical (unpaired) electrons. The van der Waals surface area contributed by atoms with Crippen molar-refractivity contribution in [2.45, 2.75) is 19.4 Å². The lowest BCUT2D eigenvalue weighted by molar-refractivity contribution is 0.102. The molecular weight excluding hydrogens is 238 g/mol. The van der Waals surface area contributed by atoms with Gasteiger partial charge in [0.15, 0.2) is 0 Å². The zero-order valence-electron chi connectivity index (χ0n) is 9.60. The fraction of sp³-hybridized carbons (Fsp3) is 0.500. The summed E-state index contributed by atoms with van der Waals surface area (Å²) in [6, 6.07) is 3.63. The Balaban J connectivity index is 2.27. The number of nitriles is 1. The zero-order chi connectivity index (χ0) is 12.4. The molecule has 1 aliphatic rings. The van der Waals surface area contributed by atoms with Crippen LogP contribution in [0.3, 0.4) is 0 Å². The number of piperidine rings is 1. The van der Waals surface area contributed by atoms with Crippen LogP contribution in [0.5, 0.6) is 0 Å². The summed E-state index contributed by atoms with van der Waals surface area (Å²) in [6.45, 7) is 3.35.